The molecule has 0 spiro atoms. The van der Waals surface area contributed by atoms with Gasteiger partial charge in [-0.2, -0.15) is 57.1 Å². The Morgan fingerprint density at radius 2 is 0.828 bits per heavy atom. The lowest BCUT2D eigenvalue weighted by molar-refractivity contribution is -0.439. The summed E-state index contributed by atoms with van der Waals surface area (Å²) in [4.78, 5) is 0. The number of halogens is 19. The van der Waals surface area contributed by atoms with Crippen molar-refractivity contribution < 1.29 is 57.1 Å². The van der Waals surface area contributed by atoms with Crippen molar-refractivity contribution in [2.24, 2.45) is 0 Å². The second-order valence-electron chi connectivity index (χ2n) is 4.86. The molecule has 0 aromatic heterocycles. The predicted octanol–water partition coefficient (Wildman–Crippen LogP) is 8.19. The summed E-state index contributed by atoms with van der Waals surface area (Å²) in [5.74, 6) is -37.0. The molecule has 0 nitrogen and oxygen atoms in total. The standard InChI is InChI=1S/C8H4Cl3F13Si.Cl3HSi/c9-25(10,11)2-1-3(12,13)4(14,15)5(16,17)6(18,19)7(20,21)8(22,23)24;1-4(2)3/h1-2H2;4H. The summed E-state index contributed by atoms with van der Waals surface area (Å²) in [6.07, 6.45) is -9.91. The van der Waals surface area contributed by atoms with Crippen LogP contribution in [0, 0.1) is 0 Å². The molecular formula is C8H5Cl6F13Si2. The lowest BCUT2D eigenvalue weighted by atomic mass is 9.93. The Labute approximate surface area is 184 Å². The van der Waals surface area contributed by atoms with Crippen LogP contribution in [0.4, 0.5) is 57.1 Å². The van der Waals surface area contributed by atoms with Gasteiger partial charge in [0.1, 0.15) is 0 Å². The zero-order chi connectivity index (χ0) is 24.5. The molecule has 0 fully saturated rings. The monoisotopic (exact) mass is 614 g/mol. The summed E-state index contributed by atoms with van der Waals surface area (Å²) in [5.41, 5.74) is 0. The zero-order valence-corrected chi connectivity index (χ0v) is 19.4. The Balaban J connectivity index is 0. The van der Waals surface area contributed by atoms with Crippen LogP contribution in [0.25, 0.3) is 0 Å². The first-order chi connectivity index (χ1) is 12.2. The van der Waals surface area contributed by atoms with Crippen LogP contribution in [-0.2, 0) is 0 Å². The maximum Gasteiger partial charge on any atom is 0.460 e. The van der Waals surface area contributed by atoms with Crippen molar-refractivity contribution in [2.75, 3.05) is 0 Å². The van der Waals surface area contributed by atoms with Gasteiger partial charge in [-0.1, -0.05) is 0 Å². The van der Waals surface area contributed by atoms with Crippen LogP contribution in [-0.4, -0.2) is 48.5 Å². The molecule has 21 heteroatoms. The van der Waals surface area contributed by atoms with E-state index in [9.17, 15) is 57.1 Å². The molecule has 0 aromatic carbocycles. The van der Waals surface area contributed by atoms with Crippen molar-refractivity contribution in [3.05, 3.63) is 0 Å². The van der Waals surface area contributed by atoms with Gasteiger partial charge in [-0.3, -0.25) is 0 Å². The van der Waals surface area contributed by atoms with E-state index < -0.39 is 61.0 Å². The van der Waals surface area contributed by atoms with Gasteiger partial charge >= 0.3 is 48.5 Å². The van der Waals surface area contributed by atoms with Crippen LogP contribution >= 0.6 is 66.5 Å². The van der Waals surface area contributed by atoms with Gasteiger partial charge in [0.25, 0.3) is 0 Å². The molecule has 0 rings (SSSR count). The van der Waals surface area contributed by atoms with E-state index in [1.54, 1.807) is 0 Å². The Morgan fingerprint density at radius 1 is 0.552 bits per heavy atom. The number of rotatable bonds is 7. The minimum Gasteiger partial charge on any atom is -0.200 e. The number of hydrogen-bond donors (Lipinski definition) is 0. The minimum atomic E-state index is -7.91. The van der Waals surface area contributed by atoms with Gasteiger partial charge in [0, 0.05) is 6.42 Å². The van der Waals surface area contributed by atoms with Crippen molar-refractivity contribution in [1.82, 2.24) is 0 Å². The SMILES string of the molecule is Cl[SiH](Cl)Cl.FC(F)(F)C(F)(F)C(F)(F)C(F)(F)C(F)(F)C(F)(F)CC[Si](Cl)(Cl)Cl. The first-order valence-corrected chi connectivity index (χ1v) is 16.6. The van der Waals surface area contributed by atoms with Crippen LogP contribution in [0.3, 0.4) is 0 Å². The minimum absolute atomic E-state index is 1.50. The fourth-order valence-electron chi connectivity index (χ4n) is 1.26. The third-order valence-corrected chi connectivity index (χ3v) is 5.24. The molecule has 0 saturated carbocycles. The number of hydrogen-bond acceptors (Lipinski definition) is 0. The molecule has 0 N–H and O–H groups in total. The van der Waals surface area contributed by atoms with E-state index in [-0.39, 0.29) is 0 Å². The van der Waals surface area contributed by atoms with E-state index in [1.807, 2.05) is 0 Å². The second-order valence-corrected chi connectivity index (χ2v) is 20.6. The van der Waals surface area contributed by atoms with Crippen molar-refractivity contribution in [3.63, 3.8) is 0 Å². The molecule has 0 aliphatic heterocycles. The van der Waals surface area contributed by atoms with Crippen molar-refractivity contribution in [1.29, 1.82) is 0 Å². The molecule has 0 radical (unpaired) electrons. The second kappa shape index (κ2) is 10.0. The summed E-state index contributed by atoms with van der Waals surface area (Å²) in [5, 5.41) is 0. The van der Waals surface area contributed by atoms with Crippen LogP contribution in [0.15, 0.2) is 0 Å². The number of alkyl halides is 13. The van der Waals surface area contributed by atoms with Crippen molar-refractivity contribution in [3.8, 4) is 0 Å². The summed E-state index contributed by atoms with van der Waals surface area (Å²) in [6.45, 7) is -1.72. The van der Waals surface area contributed by atoms with Gasteiger partial charge < -0.3 is 0 Å². The summed E-state index contributed by atoms with van der Waals surface area (Å²) >= 11 is 29.9. The quantitative estimate of drug-likeness (QED) is 0.154. The summed E-state index contributed by atoms with van der Waals surface area (Å²) in [7, 11) is 0. The molecule has 0 amide bonds. The third-order valence-electron chi connectivity index (χ3n) is 2.72. The highest BCUT2D eigenvalue weighted by atomic mass is 35.8. The highest BCUT2D eigenvalue weighted by molar-refractivity contribution is 7.64. The first-order valence-electron chi connectivity index (χ1n) is 6.14. The zero-order valence-electron chi connectivity index (χ0n) is 12.7. The Morgan fingerprint density at radius 3 is 1.07 bits per heavy atom. The third kappa shape index (κ3) is 7.67. The van der Waals surface area contributed by atoms with E-state index in [4.69, 9.17) is 66.5 Å². The van der Waals surface area contributed by atoms with E-state index in [0.717, 1.165) is 0 Å². The molecule has 0 aliphatic rings. The van der Waals surface area contributed by atoms with Gasteiger partial charge in [-0.05, 0) is 6.04 Å². The molecule has 29 heavy (non-hydrogen) atoms. The fourth-order valence-corrected chi connectivity index (χ4v) is 2.71. The molecule has 0 unspecified atom stereocenters. The van der Waals surface area contributed by atoms with Gasteiger partial charge in [-0.25, -0.2) is 0 Å². The van der Waals surface area contributed by atoms with Gasteiger partial charge in [-0.15, -0.1) is 66.5 Å². The highest BCUT2D eigenvalue weighted by Crippen LogP contribution is 2.61. The average Bonchev–Trinajstić information content (AvgIpc) is 2.41. The van der Waals surface area contributed by atoms with Gasteiger partial charge in [0.05, 0.1) is 0 Å². The molecular weight excluding hydrogens is 612 g/mol. The molecule has 0 bridgehead atoms. The van der Waals surface area contributed by atoms with E-state index in [1.165, 1.54) is 0 Å². The van der Waals surface area contributed by atoms with Crippen LogP contribution in [0.5, 0.6) is 0 Å². The van der Waals surface area contributed by atoms with Crippen LogP contribution in [0.1, 0.15) is 6.42 Å². The van der Waals surface area contributed by atoms with Gasteiger partial charge in [0.15, 0.2) is 0 Å². The molecule has 0 atom stereocenters. The molecule has 0 heterocycles. The largest absolute Gasteiger partial charge is 0.460 e. The topological polar surface area (TPSA) is 0 Å². The first kappa shape index (κ1) is 32.4. The highest BCUT2D eigenvalue weighted by Gasteiger charge is 2.90. The maximum atomic E-state index is 13.2. The fraction of sp³-hybridized carbons (Fsp3) is 1.00. The molecule has 178 valence electrons. The van der Waals surface area contributed by atoms with E-state index >= 15 is 0 Å². The Kier molecular flexibility index (Phi) is 11.2. The maximum absolute atomic E-state index is 13.2. The van der Waals surface area contributed by atoms with Crippen molar-refractivity contribution >= 4 is 79.2 Å². The molecule has 0 aromatic rings. The van der Waals surface area contributed by atoms with E-state index in [0.29, 0.717) is 0 Å². The van der Waals surface area contributed by atoms with E-state index in [2.05, 4.69) is 0 Å². The smallest absolute Gasteiger partial charge is 0.200 e. The average molecular weight is 617 g/mol. The molecule has 0 aliphatic carbocycles. The van der Waals surface area contributed by atoms with Crippen LogP contribution < -0.4 is 0 Å². The summed E-state index contributed by atoms with van der Waals surface area (Å²) in [6, 6.07) is -5.68. The molecule has 0 saturated heterocycles. The lowest BCUT2D eigenvalue weighted by Crippen LogP contribution is -2.70. The lowest BCUT2D eigenvalue weighted by Gasteiger charge is -2.39. The van der Waals surface area contributed by atoms with Crippen LogP contribution in [0.2, 0.25) is 6.04 Å². The van der Waals surface area contributed by atoms with Gasteiger partial charge in [0.2, 0.25) is 0 Å². The predicted molar refractivity (Wildman–Crippen MR) is 88.2 cm³/mol. The normalized spacial score (nSPS) is 15.3. The van der Waals surface area contributed by atoms with Crippen molar-refractivity contribution in [2.45, 2.75) is 48.3 Å². The Hall–Kier alpha value is 1.26. The Bertz CT molecular complexity index is 530. The summed E-state index contributed by atoms with van der Waals surface area (Å²) < 4.78 is 165.